The summed E-state index contributed by atoms with van der Waals surface area (Å²) < 4.78 is 0.131. The lowest BCUT2D eigenvalue weighted by Crippen LogP contribution is -2.30. The molecular weight excluding hydrogens is 324 g/mol. The molecular formula is C18H20N2OS2. The Hall–Kier alpha value is -1.38. The highest BCUT2D eigenvalue weighted by atomic mass is 32.1. The molecule has 0 amide bonds. The molecule has 0 bridgehead atoms. The lowest BCUT2D eigenvalue weighted by molar-refractivity contribution is 0.164. The molecule has 1 fully saturated rings. The van der Waals surface area contributed by atoms with Crippen molar-refractivity contribution < 1.29 is 0 Å². The number of anilines is 1. The Balaban J connectivity index is 1.73. The van der Waals surface area contributed by atoms with Crippen LogP contribution in [0.2, 0.25) is 0 Å². The smallest absolute Gasteiger partial charge is 0.246 e. The Morgan fingerprint density at radius 2 is 2.04 bits per heavy atom. The van der Waals surface area contributed by atoms with Crippen LogP contribution in [-0.2, 0) is 12.8 Å². The zero-order chi connectivity index (χ0) is 15.9. The van der Waals surface area contributed by atoms with Crippen molar-refractivity contribution in [2.75, 3.05) is 11.9 Å². The molecule has 0 atom stereocenters. The van der Waals surface area contributed by atoms with Gasteiger partial charge in [0.15, 0.2) is 5.13 Å². The molecule has 1 N–H and O–H groups in total. The van der Waals surface area contributed by atoms with Crippen LogP contribution in [0.15, 0.2) is 4.79 Å². The SMILES string of the molecule is C#CCNc1nc2sc3c(c2c(=O)s1)CCC1(CCCCC1)C3. The first kappa shape index (κ1) is 15.2. The van der Waals surface area contributed by atoms with Gasteiger partial charge in [-0.3, -0.25) is 4.79 Å². The van der Waals surface area contributed by atoms with E-state index < -0.39 is 0 Å². The van der Waals surface area contributed by atoms with E-state index >= 15 is 0 Å². The molecule has 1 spiro atoms. The van der Waals surface area contributed by atoms with E-state index in [1.807, 2.05) is 0 Å². The second kappa shape index (κ2) is 5.92. The van der Waals surface area contributed by atoms with Gasteiger partial charge in [-0.25, -0.2) is 4.98 Å². The number of aryl methyl sites for hydroxylation is 1. The summed E-state index contributed by atoms with van der Waals surface area (Å²) in [7, 11) is 0. The van der Waals surface area contributed by atoms with Crippen LogP contribution in [0.4, 0.5) is 5.13 Å². The first-order valence-electron chi connectivity index (χ1n) is 8.33. The van der Waals surface area contributed by atoms with Gasteiger partial charge in [0.1, 0.15) is 4.83 Å². The van der Waals surface area contributed by atoms with Gasteiger partial charge in [0.2, 0.25) is 4.74 Å². The fourth-order valence-electron chi connectivity index (χ4n) is 4.20. The molecule has 0 saturated heterocycles. The van der Waals surface area contributed by atoms with Crippen LogP contribution in [-0.4, -0.2) is 11.5 Å². The first-order chi connectivity index (χ1) is 11.2. The van der Waals surface area contributed by atoms with E-state index in [2.05, 4.69) is 16.2 Å². The van der Waals surface area contributed by atoms with E-state index in [4.69, 9.17) is 6.42 Å². The minimum atomic E-state index is 0.131. The van der Waals surface area contributed by atoms with Gasteiger partial charge < -0.3 is 5.32 Å². The fourth-order valence-corrected chi connectivity index (χ4v) is 6.49. The standard InChI is InChI=1S/C18H20N2OS2/c1-2-10-19-17-20-15-14(16(21)23-17)12-6-9-18(11-13(12)22-15)7-4-3-5-8-18/h1H,3-11H2,(H,19,20). The second-order valence-corrected chi connectivity index (χ2v) is 8.83. The van der Waals surface area contributed by atoms with Gasteiger partial charge in [0, 0.05) is 4.88 Å². The molecule has 2 aliphatic carbocycles. The number of hydrogen-bond donors (Lipinski definition) is 1. The molecule has 3 nitrogen and oxygen atoms in total. The summed E-state index contributed by atoms with van der Waals surface area (Å²) in [4.78, 5) is 19.5. The number of terminal acetylenes is 1. The number of rotatable bonds is 2. The highest BCUT2D eigenvalue weighted by molar-refractivity contribution is 7.20. The van der Waals surface area contributed by atoms with E-state index in [-0.39, 0.29) is 4.74 Å². The van der Waals surface area contributed by atoms with Crippen LogP contribution < -0.4 is 10.1 Å². The summed E-state index contributed by atoms with van der Waals surface area (Å²) in [5.74, 6) is 2.53. The minimum Gasteiger partial charge on any atom is -0.350 e. The van der Waals surface area contributed by atoms with Crippen LogP contribution in [0.25, 0.3) is 10.2 Å². The third-order valence-electron chi connectivity index (χ3n) is 5.37. The van der Waals surface area contributed by atoms with Crippen LogP contribution in [0.1, 0.15) is 49.0 Å². The normalized spacial score (nSPS) is 19.4. The van der Waals surface area contributed by atoms with Gasteiger partial charge in [-0.2, -0.15) is 0 Å². The van der Waals surface area contributed by atoms with Gasteiger partial charge in [-0.15, -0.1) is 17.8 Å². The van der Waals surface area contributed by atoms with E-state index in [1.54, 1.807) is 11.3 Å². The highest BCUT2D eigenvalue weighted by Crippen LogP contribution is 2.49. The third kappa shape index (κ3) is 2.68. The Labute approximate surface area is 144 Å². The summed E-state index contributed by atoms with van der Waals surface area (Å²) in [6, 6.07) is 0. The molecule has 2 aliphatic rings. The average Bonchev–Trinajstić information content (AvgIpc) is 2.91. The van der Waals surface area contributed by atoms with Gasteiger partial charge in [-0.1, -0.05) is 36.5 Å². The van der Waals surface area contributed by atoms with Gasteiger partial charge in [-0.05, 0) is 43.1 Å². The molecule has 0 unspecified atom stereocenters. The topological polar surface area (TPSA) is 42.0 Å². The molecule has 2 heterocycles. The molecule has 0 aliphatic heterocycles. The number of nitrogens with one attached hydrogen (secondary N) is 1. The third-order valence-corrected chi connectivity index (χ3v) is 7.31. The van der Waals surface area contributed by atoms with Crippen LogP contribution in [0.5, 0.6) is 0 Å². The maximum Gasteiger partial charge on any atom is 0.246 e. The van der Waals surface area contributed by atoms with Gasteiger partial charge in [0.05, 0.1) is 11.9 Å². The first-order valence-corrected chi connectivity index (χ1v) is 9.97. The molecule has 0 aromatic carbocycles. The van der Waals surface area contributed by atoms with Crippen molar-refractivity contribution in [3.8, 4) is 12.3 Å². The lowest BCUT2D eigenvalue weighted by Gasteiger charge is -2.40. The molecule has 2 aromatic rings. The van der Waals surface area contributed by atoms with E-state index in [0.29, 0.717) is 17.1 Å². The Bertz CT molecular complexity index is 837. The number of aromatic nitrogens is 1. The molecule has 0 radical (unpaired) electrons. The minimum absolute atomic E-state index is 0.131. The summed E-state index contributed by atoms with van der Waals surface area (Å²) >= 11 is 2.92. The van der Waals surface area contributed by atoms with Gasteiger partial charge >= 0.3 is 0 Å². The molecule has 4 rings (SSSR count). The molecule has 120 valence electrons. The fraction of sp³-hybridized carbons (Fsp3) is 0.556. The number of hydrogen-bond acceptors (Lipinski definition) is 5. The summed E-state index contributed by atoms with van der Waals surface area (Å²) in [5, 5.41) is 4.57. The van der Waals surface area contributed by atoms with E-state index in [1.165, 1.54) is 60.3 Å². The Morgan fingerprint density at radius 1 is 1.22 bits per heavy atom. The predicted molar refractivity (Wildman–Crippen MR) is 98.6 cm³/mol. The Kier molecular flexibility index (Phi) is 3.90. The van der Waals surface area contributed by atoms with Crippen molar-refractivity contribution in [1.29, 1.82) is 0 Å². The summed E-state index contributed by atoms with van der Waals surface area (Å²) in [6.07, 6.45) is 15.6. The van der Waals surface area contributed by atoms with Crippen molar-refractivity contribution in [3.63, 3.8) is 0 Å². The maximum absolute atomic E-state index is 12.6. The van der Waals surface area contributed by atoms with Crippen molar-refractivity contribution >= 4 is 38.0 Å². The zero-order valence-electron chi connectivity index (χ0n) is 13.1. The predicted octanol–water partition coefficient (Wildman–Crippen LogP) is 4.20. The van der Waals surface area contributed by atoms with Crippen LogP contribution in [0, 0.1) is 17.8 Å². The largest absolute Gasteiger partial charge is 0.350 e. The number of fused-ring (bicyclic) bond motifs is 3. The lowest BCUT2D eigenvalue weighted by atomic mass is 9.65. The van der Waals surface area contributed by atoms with Crippen LogP contribution >= 0.6 is 22.7 Å². The average molecular weight is 345 g/mol. The molecule has 1 saturated carbocycles. The van der Waals surface area contributed by atoms with E-state index in [9.17, 15) is 4.79 Å². The number of thiophene rings is 1. The number of nitrogens with zero attached hydrogens (tertiary/aromatic N) is 1. The monoisotopic (exact) mass is 344 g/mol. The van der Waals surface area contributed by atoms with Gasteiger partial charge in [0.25, 0.3) is 0 Å². The van der Waals surface area contributed by atoms with Crippen molar-refractivity contribution in [1.82, 2.24) is 4.98 Å². The Morgan fingerprint density at radius 3 is 2.83 bits per heavy atom. The molecule has 23 heavy (non-hydrogen) atoms. The maximum atomic E-state index is 12.6. The highest BCUT2D eigenvalue weighted by Gasteiger charge is 2.37. The summed E-state index contributed by atoms with van der Waals surface area (Å²) in [5.41, 5.74) is 1.79. The quantitative estimate of drug-likeness (QED) is 0.830. The second-order valence-electron chi connectivity index (χ2n) is 6.79. The van der Waals surface area contributed by atoms with Crippen molar-refractivity contribution in [2.24, 2.45) is 5.41 Å². The molecule has 5 heteroatoms. The zero-order valence-corrected chi connectivity index (χ0v) is 14.7. The molecule has 2 aromatic heterocycles. The summed E-state index contributed by atoms with van der Waals surface area (Å²) in [6.45, 7) is 0.405. The van der Waals surface area contributed by atoms with Crippen LogP contribution in [0.3, 0.4) is 0 Å². The van der Waals surface area contributed by atoms with Crippen molar-refractivity contribution in [3.05, 3.63) is 20.0 Å². The van der Waals surface area contributed by atoms with Crippen molar-refractivity contribution in [2.45, 2.75) is 51.4 Å². The van der Waals surface area contributed by atoms with E-state index in [0.717, 1.165) is 23.1 Å².